The van der Waals surface area contributed by atoms with Gasteiger partial charge in [0.15, 0.2) is 5.58 Å². The van der Waals surface area contributed by atoms with Gasteiger partial charge in [-0.25, -0.2) is 12.8 Å². The number of hydrogen-bond acceptors (Lipinski definition) is 5. The number of piperidine rings is 2. The van der Waals surface area contributed by atoms with Gasteiger partial charge in [0, 0.05) is 37.0 Å². The molecule has 170 valence electrons. The molecule has 0 aliphatic carbocycles. The van der Waals surface area contributed by atoms with E-state index in [9.17, 15) is 12.8 Å². The van der Waals surface area contributed by atoms with Crippen molar-refractivity contribution in [1.29, 1.82) is 0 Å². The van der Waals surface area contributed by atoms with Gasteiger partial charge in [0.1, 0.15) is 5.82 Å². The maximum atomic E-state index is 13.4. The fourth-order valence-electron chi connectivity index (χ4n) is 5.05. The van der Waals surface area contributed by atoms with Crippen molar-refractivity contribution < 1.29 is 17.3 Å². The van der Waals surface area contributed by atoms with Gasteiger partial charge in [-0.2, -0.15) is 4.31 Å². The molecule has 0 saturated carbocycles. The summed E-state index contributed by atoms with van der Waals surface area (Å²) in [7, 11) is -3.39. The summed E-state index contributed by atoms with van der Waals surface area (Å²) < 4.78 is 46.0. The van der Waals surface area contributed by atoms with E-state index in [0.717, 1.165) is 56.4 Å². The second-order valence-electron chi connectivity index (χ2n) is 8.94. The lowest BCUT2D eigenvalue weighted by Crippen LogP contribution is -2.43. The van der Waals surface area contributed by atoms with Crippen LogP contribution in [0, 0.1) is 11.7 Å². The molecule has 0 bridgehead atoms. The maximum Gasteiger partial charge on any atom is 0.243 e. The van der Waals surface area contributed by atoms with Gasteiger partial charge < -0.3 is 9.42 Å². The fraction of sp³-hybridized carbons (Fsp3) is 0.458. The van der Waals surface area contributed by atoms with Crippen molar-refractivity contribution >= 4 is 21.0 Å². The first-order valence-corrected chi connectivity index (χ1v) is 12.8. The van der Waals surface area contributed by atoms with Crippen molar-refractivity contribution in [2.45, 2.75) is 36.5 Å². The lowest BCUT2D eigenvalue weighted by Gasteiger charge is -2.37. The monoisotopic (exact) mass is 457 g/mol. The minimum atomic E-state index is -3.39. The number of fused-ring (bicyclic) bond motifs is 1. The summed E-state index contributed by atoms with van der Waals surface area (Å²) in [6.45, 7) is 4.15. The van der Waals surface area contributed by atoms with Crippen LogP contribution in [-0.2, 0) is 10.0 Å². The summed E-state index contributed by atoms with van der Waals surface area (Å²) in [4.78, 5) is 2.87. The molecular weight excluding hydrogens is 429 g/mol. The van der Waals surface area contributed by atoms with Crippen LogP contribution in [0.2, 0.25) is 0 Å². The van der Waals surface area contributed by atoms with E-state index in [1.807, 2.05) is 6.07 Å². The van der Waals surface area contributed by atoms with E-state index in [1.165, 1.54) is 12.1 Å². The van der Waals surface area contributed by atoms with Gasteiger partial charge in [-0.05, 0) is 69.0 Å². The number of sulfonamides is 1. The molecule has 0 radical (unpaired) electrons. The van der Waals surface area contributed by atoms with Crippen LogP contribution in [0.5, 0.6) is 0 Å². The van der Waals surface area contributed by atoms with Crippen molar-refractivity contribution in [3.63, 3.8) is 0 Å². The molecule has 8 heteroatoms. The van der Waals surface area contributed by atoms with Crippen molar-refractivity contribution in [3.05, 3.63) is 60.0 Å². The molecule has 2 aliphatic rings. The summed E-state index contributed by atoms with van der Waals surface area (Å²) >= 11 is 0. The predicted molar refractivity (Wildman–Crippen MR) is 120 cm³/mol. The predicted octanol–water partition coefficient (Wildman–Crippen LogP) is 4.25. The number of rotatable bonds is 5. The zero-order valence-corrected chi connectivity index (χ0v) is 18.8. The number of benzene rings is 2. The van der Waals surface area contributed by atoms with Crippen LogP contribution in [0.25, 0.3) is 11.0 Å². The second-order valence-corrected chi connectivity index (χ2v) is 10.9. The van der Waals surface area contributed by atoms with Gasteiger partial charge in [0.05, 0.1) is 10.6 Å². The van der Waals surface area contributed by atoms with Crippen LogP contribution < -0.4 is 0 Å². The van der Waals surface area contributed by atoms with Crippen LogP contribution in [0.4, 0.5) is 4.39 Å². The van der Waals surface area contributed by atoms with Gasteiger partial charge in [0.25, 0.3) is 0 Å². The third-order valence-electron chi connectivity index (χ3n) is 6.91. The average molecular weight is 458 g/mol. The molecule has 2 fully saturated rings. The molecule has 0 N–H and O–H groups in total. The minimum absolute atomic E-state index is 0.308. The Kier molecular flexibility index (Phi) is 6.01. The first-order valence-electron chi connectivity index (χ1n) is 11.3. The lowest BCUT2D eigenvalue weighted by atomic mass is 9.90. The highest BCUT2D eigenvalue weighted by Gasteiger charge is 2.31. The quantitative estimate of drug-likeness (QED) is 0.573. The van der Waals surface area contributed by atoms with Gasteiger partial charge >= 0.3 is 0 Å². The number of hydrogen-bond donors (Lipinski definition) is 0. The van der Waals surface area contributed by atoms with Gasteiger partial charge in [-0.15, -0.1) is 0 Å². The Morgan fingerprint density at radius 3 is 2.41 bits per heavy atom. The van der Waals surface area contributed by atoms with Crippen molar-refractivity contribution in [1.82, 2.24) is 14.4 Å². The van der Waals surface area contributed by atoms with E-state index in [4.69, 9.17) is 4.52 Å². The fourth-order valence-corrected chi connectivity index (χ4v) is 6.54. The van der Waals surface area contributed by atoms with Crippen LogP contribution in [0.3, 0.4) is 0 Å². The van der Waals surface area contributed by atoms with Crippen LogP contribution in [0.1, 0.15) is 37.3 Å². The number of likely N-dealkylation sites (tertiary alicyclic amines) is 1. The van der Waals surface area contributed by atoms with Gasteiger partial charge in [-0.3, -0.25) is 0 Å². The standard InChI is InChI=1S/C24H28FN3O3S/c25-20-6-7-22-23(16-20)31-26-24(22)19-10-12-27(13-11-19)17-18-8-14-28(15-9-18)32(29,30)21-4-2-1-3-5-21/h1-7,16,18-19H,8-15,17H2. The van der Waals surface area contributed by atoms with Crippen LogP contribution in [0.15, 0.2) is 57.9 Å². The third-order valence-corrected chi connectivity index (χ3v) is 8.82. The van der Waals surface area contributed by atoms with E-state index in [-0.39, 0.29) is 5.82 Å². The van der Waals surface area contributed by atoms with Crippen molar-refractivity contribution in [3.8, 4) is 0 Å². The molecule has 2 saturated heterocycles. The Balaban J connectivity index is 1.13. The van der Waals surface area contributed by atoms with Crippen LogP contribution >= 0.6 is 0 Å². The van der Waals surface area contributed by atoms with E-state index in [0.29, 0.717) is 35.4 Å². The lowest BCUT2D eigenvalue weighted by molar-refractivity contribution is 0.152. The normalized spacial score (nSPS) is 20.2. The van der Waals surface area contributed by atoms with Crippen molar-refractivity contribution in [2.75, 3.05) is 32.7 Å². The molecule has 0 unspecified atom stereocenters. The Morgan fingerprint density at radius 2 is 1.69 bits per heavy atom. The zero-order valence-electron chi connectivity index (χ0n) is 18.0. The smallest absolute Gasteiger partial charge is 0.243 e. The topological polar surface area (TPSA) is 66.7 Å². The second kappa shape index (κ2) is 8.92. The summed E-state index contributed by atoms with van der Waals surface area (Å²) in [6, 6.07) is 13.3. The summed E-state index contributed by atoms with van der Waals surface area (Å²) in [5, 5.41) is 5.15. The largest absolute Gasteiger partial charge is 0.356 e. The van der Waals surface area contributed by atoms with E-state index < -0.39 is 10.0 Å². The third kappa shape index (κ3) is 4.31. The zero-order chi connectivity index (χ0) is 22.1. The molecule has 3 aromatic rings. The van der Waals surface area contributed by atoms with Crippen molar-refractivity contribution in [2.24, 2.45) is 5.92 Å². The van der Waals surface area contributed by atoms with Crippen LogP contribution in [-0.4, -0.2) is 55.5 Å². The summed E-state index contributed by atoms with van der Waals surface area (Å²) in [6.07, 6.45) is 3.79. The SMILES string of the molecule is O=S(=O)(c1ccccc1)N1CCC(CN2CCC(c3noc4cc(F)ccc34)CC2)CC1. The number of halogens is 1. The van der Waals surface area contributed by atoms with Gasteiger partial charge in [-0.1, -0.05) is 23.4 Å². The highest BCUT2D eigenvalue weighted by molar-refractivity contribution is 7.89. The average Bonchev–Trinajstić information content (AvgIpc) is 3.23. The molecule has 0 amide bonds. The number of aromatic nitrogens is 1. The Morgan fingerprint density at radius 1 is 0.969 bits per heavy atom. The molecule has 6 nitrogen and oxygen atoms in total. The maximum absolute atomic E-state index is 13.4. The summed E-state index contributed by atoms with van der Waals surface area (Å²) in [5.41, 5.74) is 1.46. The number of nitrogens with zero attached hydrogens (tertiary/aromatic N) is 3. The first-order chi connectivity index (χ1) is 15.5. The van der Waals surface area contributed by atoms with E-state index in [2.05, 4.69) is 10.1 Å². The Hall–Kier alpha value is -2.29. The molecular formula is C24H28FN3O3S. The molecule has 0 spiro atoms. The van der Waals surface area contributed by atoms with E-state index in [1.54, 1.807) is 34.6 Å². The molecule has 0 atom stereocenters. The first kappa shape index (κ1) is 21.6. The molecule has 5 rings (SSSR count). The Labute approximate surface area is 188 Å². The molecule has 1 aromatic heterocycles. The highest BCUT2D eigenvalue weighted by atomic mass is 32.2. The highest BCUT2D eigenvalue weighted by Crippen LogP contribution is 2.33. The van der Waals surface area contributed by atoms with Gasteiger partial charge in [0.2, 0.25) is 10.0 Å². The molecule has 32 heavy (non-hydrogen) atoms. The minimum Gasteiger partial charge on any atom is -0.356 e. The Bertz CT molecular complexity index is 1170. The summed E-state index contributed by atoms with van der Waals surface area (Å²) in [5.74, 6) is 0.540. The van der Waals surface area contributed by atoms with E-state index >= 15 is 0 Å². The molecule has 3 heterocycles. The molecule has 2 aliphatic heterocycles. The molecule has 2 aromatic carbocycles.